The second-order valence-corrected chi connectivity index (χ2v) is 6.17. The van der Waals surface area contributed by atoms with Crippen molar-refractivity contribution >= 4 is 28.4 Å². The summed E-state index contributed by atoms with van der Waals surface area (Å²) in [6.45, 7) is 0. The van der Waals surface area contributed by atoms with E-state index in [9.17, 15) is 14.9 Å². The number of amides is 1. The van der Waals surface area contributed by atoms with Crippen LogP contribution in [0.15, 0.2) is 77.2 Å². The molecule has 0 saturated carbocycles. The molecule has 138 valence electrons. The molecular formula is C21H15N3O4. The van der Waals surface area contributed by atoms with Crippen molar-refractivity contribution in [2.24, 2.45) is 0 Å². The number of nitro groups is 1. The fourth-order valence-corrected chi connectivity index (χ4v) is 2.91. The number of benzene rings is 3. The van der Waals surface area contributed by atoms with Crippen LogP contribution in [-0.2, 0) is 11.2 Å². The maximum Gasteiger partial charge on any atom is 0.273 e. The number of nitro benzene ring substituents is 1. The van der Waals surface area contributed by atoms with Crippen LogP contribution < -0.4 is 5.32 Å². The number of carbonyl (C=O) groups excluding carboxylic acids is 1. The lowest BCUT2D eigenvalue weighted by Gasteiger charge is -2.06. The van der Waals surface area contributed by atoms with Crippen molar-refractivity contribution in [3.8, 4) is 11.5 Å². The second-order valence-electron chi connectivity index (χ2n) is 6.17. The average Bonchev–Trinajstić information content (AvgIpc) is 3.13. The number of hydrogen-bond acceptors (Lipinski definition) is 5. The number of fused-ring (bicyclic) bond motifs is 1. The van der Waals surface area contributed by atoms with Gasteiger partial charge >= 0.3 is 0 Å². The molecule has 0 aliphatic heterocycles. The molecule has 0 fully saturated rings. The largest absolute Gasteiger partial charge is 0.436 e. The quantitative estimate of drug-likeness (QED) is 0.408. The van der Waals surface area contributed by atoms with Gasteiger partial charge in [-0.2, -0.15) is 0 Å². The van der Waals surface area contributed by atoms with Gasteiger partial charge in [0.25, 0.3) is 5.69 Å². The number of rotatable bonds is 5. The number of aromatic nitrogens is 1. The standard InChI is InChI=1S/C21H15N3O4/c25-20(13-15-5-1-3-7-18(15)24(26)27)22-16-11-9-14(10-12-16)21-23-17-6-2-4-8-19(17)28-21/h1-12H,13H2,(H,22,25). The minimum Gasteiger partial charge on any atom is -0.436 e. The maximum absolute atomic E-state index is 12.3. The number of para-hydroxylation sites is 3. The highest BCUT2D eigenvalue weighted by molar-refractivity contribution is 5.93. The molecule has 1 heterocycles. The number of oxazole rings is 1. The van der Waals surface area contributed by atoms with E-state index in [1.807, 2.05) is 24.3 Å². The van der Waals surface area contributed by atoms with E-state index in [2.05, 4.69) is 10.3 Å². The Morgan fingerprint density at radius 2 is 1.71 bits per heavy atom. The molecule has 4 rings (SSSR count). The van der Waals surface area contributed by atoms with E-state index in [4.69, 9.17) is 4.42 Å². The Hall–Kier alpha value is -4.00. The van der Waals surface area contributed by atoms with Crippen LogP contribution in [0.2, 0.25) is 0 Å². The van der Waals surface area contributed by atoms with Gasteiger partial charge in [0.1, 0.15) is 5.52 Å². The molecule has 7 heteroatoms. The van der Waals surface area contributed by atoms with E-state index >= 15 is 0 Å². The molecule has 0 bridgehead atoms. The van der Waals surface area contributed by atoms with Crippen LogP contribution in [-0.4, -0.2) is 15.8 Å². The van der Waals surface area contributed by atoms with Gasteiger partial charge in [-0.3, -0.25) is 14.9 Å². The van der Waals surface area contributed by atoms with Gasteiger partial charge in [-0.1, -0.05) is 30.3 Å². The zero-order valence-electron chi connectivity index (χ0n) is 14.7. The van der Waals surface area contributed by atoms with Crippen LogP contribution in [0.1, 0.15) is 5.56 Å². The Bertz CT molecular complexity index is 1130. The van der Waals surface area contributed by atoms with Crippen molar-refractivity contribution in [1.29, 1.82) is 0 Å². The van der Waals surface area contributed by atoms with E-state index in [1.54, 1.807) is 42.5 Å². The van der Waals surface area contributed by atoms with Crippen molar-refractivity contribution < 1.29 is 14.1 Å². The molecule has 0 saturated heterocycles. The summed E-state index contributed by atoms with van der Waals surface area (Å²) < 4.78 is 5.73. The molecule has 0 aliphatic rings. The van der Waals surface area contributed by atoms with Crippen LogP contribution in [0.5, 0.6) is 0 Å². The summed E-state index contributed by atoms with van der Waals surface area (Å²) in [5, 5.41) is 13.8. The Labute approximate surface area is 159 Å². The predicted octanol–water partition coefficient (Wildman–Crippen LogP) is 4.58. The number of anilines is 1. The molecule has 28 heavy (non-hydrogen) atoms. The number of hydrogen-bond donors (Lipinski definition) is 1. The maximum atomic E-state index is 12.3. The van der Waals surface area contributed by atoms with Crippen LogP contribution in [0.3, 0.4) is 0 Å². The second kappa shape index (κ2) is 7.32. The lowest BCUT2D eigenvalue weighted by Crippen LogP contribution is -2.15. The highest BCUT2D eigenvalue weighted by Crippen LogP contribution is 2.25. The monoisotopic (exact) mass is 373 g/mol. The summed E-state index contributed by atoms with van der Waals surface area (Å²) in [6, 6.07) is 20.8. The van der Waals surface area contributed by atoms with Gasteiger partial charge in [0.15, 0.2) is 5.58 Å². The zero-order valence-corrected chi connectivity index (χ0v) is 14.7. The summed E-state index contributed by atoms with van der Waals surface area (Å²) >= 11 is 0. The van der Waals surface area contributed by atoms with Crippen LogP contribution >= 0.6 is 0 Å². The summed E-state index contributed by atoms with van der Waals surface area (Å²) in [6.07, 6.45) is -0.0793. The lowest BCUT2D eigenvalue weighted by atomic mass is 10.1. The van der Waals surface area contributed by atoms with E-state index in [0.717, 1.165) is 11.1 Å². The zero-order chi connectivity index (χ0) is 19.5. The Morgan fingerprint density at radius 1 is 1.00 bits per heavy atom. The fraction of sp³-hybridized carbons (Fsp3) is 0.0476. The van der Waals surface area contributed by atoms with Gasteiger partial charge in [-0.05, 0) is 36.4 Å². The minimum absolute atomic E-state index is 0.0658. The van der Waals surface area contributed by atoms with Crippen molar-refractivity contribution in [2.45, 2.75) is 6.42 Å². The highest BCUT2D eigenvalue weighted by Gasteiger charge is 2.15. The van der Waals surface area contributed by atoms with Crippen LogP contribution in [0, 0.1) is 10.1 Å². The third-order valence-corrected chi connectivity index (χ3v) is 4.25. The summed E-state index contributed by atoms with van der Waals surface area (Å²) in [4.78, 5) is 27.3. The van der Waals surface area contributed by atoms with Crippen molar-refractivity contribution in [1.82, 2.24) is 4.98 Å². The van der Waals surface area contributed by atoms with Crippen molar-refractivity contribution in [2.75, 3.05) is 5.32 Å². The molecule has 1 amide bonds. The molecule has 7 nitrogen and oxygen atoms in total. The summed E-state index contributed by atoms with van der Waals surface area (Å²) in [7, 11) is 0. The van der Waals surface area contributed by atoms with Crippen molar-refractivity contribution in [3.63, 3.8) is 0 Å². The topological polar surface area (TPSA) is 98.3 Å². The smallest absolute Gasteiger partial charge is 0.273 e. The SMILES string of the molecule is O=C(Cc1ccccc1[N+](=O)[O-])Nc1ccc(-c2nc3ccccc3o2)cc1. The van der Waals surface area contributed by atoms with E-state index in [0.29, 0.717) is 22.7 Å². The first-order valence-corrected chi connectivity index (χ1v) is 8.58. The van der Waals surface area contributed by atoms with Gasteiger partial charge in [0.05, 0.1) is 11.3 Å². The van der Waals surface area contributed by atoms with Gasteiger partial charge in [0, 0.05) is 22.9 Å². The summed E-state index contributed by atoms with van der Waals surface area (Å²) in [5.41, 5.74) is 3.16. The third kappa shape index (κ3) is 3.59. The fourth-order valence-electron chi connectivity index (χ4n) is 2.91. The molecule has 1 aromatic heterocycles. The number of nitrogens with one attached hydrogen (secondary N) is 1. The molecule has 0 atom stereocenters. The van der Waals surface area contributed by atoms with Crippen LogP contribution in [0.4, 0.5) is 11.4 Å². The first kappa shape index (κ1) is 17.4. The Morgan fingerprint density at radius 3 is 2.46 bits per heavy atom. The molecule has 0 radical (unpaired) electrons. The molecule has 0 spiro atoms. The van der Waals surface area contributed by atoms with Crippen molar-refractivity contribution in [3.05, 3.63) is 88.5 Å². The van der Waals surface area contributed by atoms with Crippen LogP contribution in [0.25, 0.3) is 22.6 Å². The van der Waals surface area contributed by atoms with Gasteiger partial charge in [-0.15, -0.1) is 0 Å². The molecule has 3 aromatic carbocycles. The average molecular weight is 373 g/mol. The minimum atomic E-state index is -0.488. The van der Waals surface area contributed by atoms with Gasteiger partial charge in [-0.25, -0.2) is 4.98 Å². The first-order valence-electron chi connectivity index (χ1n) is 8.58. The molecule has 0 aliphatic carbocycles. The Kier molecular flexibility index (Phi) is 4.55. The van der Waals surface area contributed by atoms with E-state index in [1.165, 1.54) is 6.07 Å². The number of nitrogens with zero attached hydrogens (tertiary/aromatic N) is 2. The third-order valence-electron chi connectivity index (χ3n) is 4.25. The predicted molar refractivity (Wildman–Crippen MR) is 105 cm³/mol. The number of carbonyl (C=O) groups is 1. The van der Waals surface area contributed by atoms with Gasteiger partial charge < -0.3 is 9.73 Å². The normalized spacial score (nSPS) is 10.7. The molecular weight excluding hydrogens is 358 g/mol. The Balaban J connectivity index is 1.47. The highest BCUT2D eigenvalue weighted by atomic mass is 16.6. The summed E-state index contributed by atoms with van der Waals surface area (Å²) in [5.74, 6) is 0.169. The van der Waals surface area contributed by atoms with Gasteiger partial charge in [0.2, 0.25) is 11.8 Å². The molecule has 1 N–H and O–H groups in total. The molecule has 4 aromatic rings. The molecule has 0 unspecified atom stereocenters. The van der Waals surface area contributed by atoms with E-state index in [-0.39, 0.29) is 18.0 Å². The lowest BCUT2D eigenvalue weighted by molar-refractivity contribution is -0.385. The first-order chi connectivity index (χ1) is 13.6. The van der Waals surface area contributed by atoms with E-state index < -0.39 is 4.92 Å².